The first-order chi connectivity index (χ1) is 7.67. The summed E-state index contributed by atoms with van der Waals surface area (Å²) in [6, 6.07) is 6.38. The van der Waals surface area contributed by atoms with Crippen LogP contribution in [0.2, 0.25) is 0 Å². The zero-order chi connectivity index (χ0) is 12.0. The van der Waals surface area contributed by atoms with Crippen LogP contribution < -0.4 is 10.1 Å². The Morgan fingerprint density at radius 1 is 1.25 bits per heavy atom. The topological polar surface area (TPSA) is 21.3 Å². The van der Waals surface area contributed by atoms with Gasteiger partial charge in [-0.25, -0.2) is 0 Å². The van der Waals surface area contributed by atoms with Crippen molar-refractivity contribution in [1.29, 1.82) is 0 Å². The van der Waals surface area contributed by atoms with E-state index in [1.807, 2.05) is 7.05 Å². The fourth-order valence-corrected chi connectivity index (χ4v) is 1.65. The number of nitrogens with one attached hydrogen (secondary N) is 1. The van der Waals surface area contributed by atoms with Gasteiger partial charge in [-0.15, -0.1) is 0 Å². The molecule has 1 N–H and O–H groups in total. The Kier molecular flexibility index (Phi) is 5.33. The highest BCUT2D eigenvalue weighted by Crippen LogP contribution is 2.19. The molecule has 90 valence electrons. The normalized spacial score (nSPS) is 10.8. The third-order valence-electron chi connectivity index (χ3n) is 2.51. The van der Waals surface area contributed by atoms with Crippen molar-refractivity contribution in [1.82, 2.24) is 5.32 Å². The molecule has 1 aromatic carbocycles. The molecule has 0 saturated heterocycles. The van der Waals surface area contributed by atoms with Crippen LogP contribution >= 0.6 is 0 Å². The highest BCUT2D eigenvalue weighted by molar-refractivity contribution is 5.35. The first-order valence-corrected chi connectivity index (χ1v) is 6.06. The molecule has 0 radical (unpaired) electrons. The molecule has 0 aliphatic carbocycles. The molecule has 0 aliphatic heterocycles. The van der Waals surface area contributed by atoms with Crippen LogP contribution in [0.15, 0.2) is 18.2 Å². The monoisotopic (exact) mass is 221 g/mol. The Bertz CT molecular complexity index is 321. The molecule has 0 aromatic heterocycles. The van der Waals surface area contributed by atoms with Crippen LogP contribution in [0.5, 0.6) is 5.75 Å². The SMILES string of the molecule is CCc1cc(OCC(C)C)ccc1CNC. The maximum atomic E-state index is 5.72. The lowest BCUT2D eigenvalue weighted by Crippen LogP contribution is -2.09. The summed E-state index contributed by atoms with van der Waals surface area (Å²) in [5, 5.41) is 3.19. The van der Waals surface area contributed by atoms with E-state index in [1.165, 1.54) is 11.1 Å². The van der Waals surface area contributed by atoms with E-state index in [2.05, 4.69) is 44.3 Å². The van der Waals surface area contributed by atoms with Gasteiger partial charge in [0.1, 0.15) is 5.75 Å². The Labute approximate surface area is 99.0 Å². The summed E-state index contributed by atoms with van der Waals surface area (Å²) < 4.78 is 5.72. The minimum Gasteiger partial charge on any atom is -0.493 e. The molecular weight excluding hydrogens is 198 g/mol. The minimum atomic E-state index is 0.571. The summed E-state index contributed by atoms with van der Waals surface area (Å²) in [7, 11) is 1.97. The molecule has 0 heterocycles. The van der Waals surface area contributed by atoms with Crippen molar-refractivity contribution < 1.29 is 4.74 Å². The smallest absolute Gasteiger partial charge is 0.119 e. The lowest BCUT2D eigenvalue weighted by atomic mass is 10.0. The Morgan fingerprint density at radius 2 is 2.00 bits per heavy atom. The Morgan fingerprint density at radius 3 is 2.56 bits per heavy atom. The van der Waals surface area contributed by atoms with Crippen molar-refractivity contribution in [3.05, 3.63) is 29.3 Å². The standard InChI is InChI=1S/C14H23NO/c1-5-12-8-14(16-10-11(2)3)7-6-13(12)9-15-4/h6-8,11,15H,5,9-10H2,1-4H3. The van der Waals surface area contributed by atoms with Crippen LogP contribution in [0.1, 0.15) is 31.9 Å². The molecule has 2 heteroatoms. The lowest BCUT2D eigenvalue weighted by molar-refractivity contribution is 0.271. The molecule has 0 saturated carbocycles. The second kappa shape index (κ2) is 6.54. The van der Waals surface area contributed by atoms with Gasteiger partial charge in [0.2, 0.25) is 0 Å². The first-order valence-electron chi connectivity index (χ1n) is 6.06. The first kappa shape index (κ1) is 13.0. The van der Waals surface area contributed by atoms with Gasteiger partial charge in [-0.2, -0.15) is 0 Å². The summed E-state index contributed by atoms with van der Waals surface area (Å²) in [6.07, 6.45) is 1.05. The van der Waals surface area contributed by atoms with Crippen molar-refractivity contribution in [2.45, 2.75) is 33.7 Å². The van der Waals surface area contributed by atoms with E-state index >= 15 is 0 Å². The van der Waals surface area contributed by atoms with Crippen LogP contribution in [0, 0.1) is 5.92 Å². The van der Waals surface area contributed by atoms with Gasteiger partial charge in [0.15, 0.2) is 0 Å². The zero-order valence-electron chi connectivity index (χ0n) is 10.8. The summed E-state index contributed by atoms with van der Waals surface area (Å²) in [5.41, 5.74) is 2.73. The molecule has 2 nitrogen and oxygen atoms in total. The molecule has 16 heavy (non-hydrogen) atoms. The third kappa shape index (κ3) is 3.86. The lowest BCUT2D eigenvalue weighted by Gasteiger charge is -2.12. The number of ether oxygens (including phenoxy) is 1. The van der Waals surface area contributed by atoms with Crippen molar-refractivity contribution >= 4 is 0 Å². The molecule has 0 atom stereocenters. The largest absolute Gasteiger partial charge is 0.493 e. The van der Waals surface area contributed by atoms with Crippen LogP contribution in [0.4, 0.5) is 0 Å². The average Bonchev–Trinajstić information content (AvgIpc) is 2.28. The summed E-state index contributed by atoms with van der Waals surface area (Å²) in [4.78, 5) is 0. The van der Waals surface area contributed by atoms with E-state index in [0.717, 1.165) is 25.3 Å². The van der Waals surface area contributed by atoms with E-state index in [4.69, 9.17) is 4.74 Å². The highest BCUT2D eigenvalue weighted by atomic mass is 16.5. The predicted octanol–water partition coefficient (Wildman–Crippen LogP) is 3.00. The quantitative estimate of drug-likeness (QED) is 0.797. The van der Waals surface area contributed by atoms with E-state index in [1.54, 1.807) is 0 Å². The molecule has 0 spiro atoms. The third-order valence-corrected chi connectivity index (χ3v) is 2.51. The van der Waals surface area contributed by atoms with Crippen molar-refractivity contribution in [2.24, 2.45) is 5.92 Å². The second-order valence-corrected chi connectivity index (χ2v) is 4.52. The number of hydrogen-bond acceptors (Lipinski definition) is 2. The van der Waals surface area contributed by atoms with Crippen LogP contribution in [0.25, 0.3) is 0 Å². The van der Waals surface area contributed by atoms with E-state index in [0.29, 0.717) is 5.92 Å². The van der Waals surface area contributed by atoms with Crippen LogP contribution in [-0.2, 0) is 13.0 Å². The molecule has 1 rings (SSSR count). The number of rotatable bonds is 6. The fraction of sp³-hybridized carbons (Fsp3) is 0.571. The predicted molar refractivity (Wildman–Crippen MR) is 68.9 cm³/mol. The Balaban J connectivity index is 2.74. The van der Waals surface area contributed by atoms with Gasteiger partial charge in [-0.1, -0.05) is 26.8 Å². The van der Waals surface area contributed by atoms with Gasteiger partial charge in [-0.05, 0) is 42.6 Å². The van der Waals surface area contributed by atoms with Gasteiger partial charge in [0, 0.05) is 6.54 Å². The molecular formula is C14H23NO. The van der Waals surface area contributed by atoms with E-state index in [9.17, 15) is 0 Å². The molecule has 1 aromatic rings. The van der Waals surface area contributed by atoms with E-state index < -0.39 is 0 Å². The zero-order valence-corrected chi connectivity index (χ0v) is 10.8. The number of benzene rings is 1. The molecule has 0 fully saturated rings. The number of hydrogen-bond donors (Lipinski definition) is 1. The van der Waals surface area contributed by atoms with Crippen molar-refractivity contribution in [3.63, 3.8) is 0 Å². The van der Waals surface area contributed by atoms with Gasteiger partial charge in [0.05, 0.1) is 6.61 Å². The van der Waals surface area contributed by atoms with Gasteiger partial charge in [0.25, 0.3) is 0 Å². The molecule has 0 aliphatic rings. The number of aryl methyl sites for hydroxylation is 1. The maximum Gasteiger partial charge on any atom is 0.119 e. The second-order valence-electron chi connectivity index (χ2n) is 4.52. The summed E-state index contributed by atoms with van der Waals surface area (Å²) in [6.45, 7) is 8.22. The van der Waals surface area contributed by atoms with Crippen molar-refractivity contribution in [2.75, 3.05) is 13.7 Å². The van der Waals surface area contributed by atoms with Crippen molar-refractivity contribution in [3.8, 4) is 5.75 Å². The highest BCUT2D eigenvalue weighted by Gasteiger charge is 2.03. The van der Waals surface area contributed by atoms with Gasteiger partial charge < -0.3 is 10.1 Å². The summed E-state index contributed by atoms with van der Waals surface area (Å²) >= 11 is 0. The van der Waals surface area contributed by atoms with E-state index in [-0.39, 0.29) is 0 Å². The van der Waals surface area contributed by atoms with Gasteiger partial charge >= 0.3 is 0 Å². The Hall–Kier alpha value is -1.02. The molecule has 0 amide bonds. The van der Waals surface area contributed by atoms with Gasteiger partial charge in [-0.3, -0.25) is 0 Å². The average molecular weight is 221 g/mol. The molecule has 0 unspecified atom stereocenters. The minimum absolute atomic E-state index is 0.571. The maximum absolute atomic E-state index is 5.72. The van der Waals surface area contributed by atoms with Crippen LogP contribution in [0.3, 0.4) is 0 Å². The summed E-state index contributed by atoms with van der Waals surface area (Å²) in [5.74, 6) is 1.56. The fourth-order valence-electron chi connectivity index (χ4n) is 1.65. The van der Waals surface area contributed by atoms with Crippen LogP contribution in [-0.4, -0.2) is 13.7 Å². The molecule has 0 bridgehead atoms.